The summed E-state index contributed by atoms with van der Waals surface area (Å²) in [6.07, 6.45) is 1.63. The van der Waals surface area contributed by atoms with E-state index in [1.54, 1.807) is 32.7 Å². The molecular formula is C20H19N5O4S. The van der Waals surface area contributed by atoms with E-state index in [0.29, 0.717) is 39.1 Å². The van der Waals surface area contributed by atoms with Crippen LogP contribution < -0.4 is 19.8 Å². The van der Waals surface area contributed by atoms with Crippen LogP contribution in [-0.2, 0) is 5.75 Å². The first kappa shape index (κ1) is 19.8. The number of benzene rings is 2. The standard InChI is InChI=1S/C20H19N5O4S/c1-27-13-6-4-5-12(7-13)25-11-21-24-20(25)30-10-18-22-15-9-17(29-3)16(28-2)8-14(15)19(26)23-18/h4-9,11H,10H2,1-3H3,(H,22,23,26). The summed E-state index contributed by atoms with van der Waals surface area (Å²) in [5.41, 5.74) is 1.16. The van der Waals surface area contributed by atoms with Gasteiger partial charge in [-0.1, -0.05) is 17.8 Å². The van der Waals surface area contributed by atoms with E-state index in [0.717, 1.165) is 11.4 Å². The first-order valence-corrected chi connectivity index (χ1v) is 9.93. The van der Waals surface area contributed by atoms with E-state index in [2.05, 4.69) is 20.2 Å². The van der Waals surface area contributed by atoms with Gasteiger partial charge in [-0.15, -0.1) is 10.2 Å². The van der Waals surface area contributed by atoms with Gasteiger partial charge in [-0.25, -0.2) is 4.98 Å². The van der Waals surface area contributed by atoms with E-state index in [1.807, 2.05) is 28.8 Å². The maximum absolute atomic E-state index is 12.5. The number of nitrogens with one attached hydrogen (secondary N) is 1. The number of nitrogens with zero attached hydrogens (tertiary/aromatic N) is 4. The molecule has 2 heterocycles. The van der Waals surface area contributed by atoms with Crippen molar-refractivity contribution in [2.75, 3.05) is 21.3 Å². The lowest BCUT2D eigenvalue weighted by molar-refractivity contribution is 0.355. The normalized spacial score (nSPS) is 10.9. The largest absolute Gasteiger partial charge is 0.497 e. The molecule has 9 nitrogen and oxygen atoms in total. The predicted octanol–water partition coefficient (Wildman–Crippen LogP) is 2.82. The molecule has 0 spiro atoms. The van der Waals surface area contributed by atoms with E-state index in [-0.39, 0.29) is 5.56 Å². The first-order valence-electron chi connectivity index (χ1n) is 8.95. The maximum atomic E-state index is 12.5. The molecule has 154 valence electrons. The van der Waals surface area contributed by atoms with Gasteiger partial charge in [0, 0.05) is 12.1 Å². The molecule has 0 amide bonds. The van der Waals surface area contributed by atoms with Crippen LogP contribution in [-0.4, -0.2) is 46.1 Å². The number of methoxy groups -OCH3 is 3. The van der Waals surface area contributed by atoms with Gasteiger partial charge in [0.2, 0.25) is 0 Å². The van der Waals surface area contributed by atoms with Crippen molar-refractivity contribution >= 4 is 22.7 Å². The zero-order valence-electron chi connectivity index (χ0n) is 16.6. The Morgan fingerprint density at radius 1 is 1.07 bits per heavy atom. The van der Waals surface area contributed by atoms with Gasteiger partial charge < -0.3 is 19.2 Å². The average Bonchev–Trinajstić information content (AvgIpc) is 3.25. The second kappa shape index (κ2) is 8.46. The summed E-state index contributed by atoms with van der Waals surface area (Å²) >= 11 is 1.41. The topological polar surface area (TPSA) is 104 Å². The molecule has 4 rings (SSSR count). The Hall–Kier alpha value is -3.53. The van der Waals surface area contributed by atoms with Gasteiger partial charge in [0.1, 0.15) is 17.9 Å². The van der Waals surface area contributed by atoms with Gasteiger partial charge in [0.15, 0.2) is 16.7 Å². The third kappa shape index (κ3) is 3.81. The van der Waals surface area contributed by atoms with Gasteiger partial charge >= 0.3 is 0 Å². The van der Waals surface area contributed by atoms with E-state index in [1.165, 1.54) is 18.9 Å². The molecule has 0 unspecified atom stereocenters. The van der Waals surface area contributed by atoms with Crippen LogP contribution >= 0.6 is 11.8 Å². The van der Waals surface area contributed by atoms with Crippen molar-refractivity contribution in [3.8, 4) is 22.9 Å². The molecule has 10 heteroatoms. The van der Waals surface area contributed by atoms with Crippen LogP contribution in [0, 0.1) is 0 Å². The van der Waals surface area contributed by atoms with Crippen LogP contribution in [0.2, 0.25) is 0 Å². The zero-order valence-corrected chi connectivity index (χ0v) is 17.4. The molecule has 0 atom stereocenters. The molecule has 0 saturated heterocycles. The predicted molar refractivity (Wildman–Crippen MR) is 113 cm³/mol. The van der Waals surface area contributed by atoms with Crippen molar-refractivity contribution in [2.45, 2.75) is 10.9 Å². The summed E-state index contributed by atoms with van der Waals surface area (Å²) in [5.74, 6) is 2.65. The van der Waals surface area contributed by atoms with Crippen LogP contribution in [0.5, 0.6) is 17.2 Å². The lowest BCUT2D eigenvalue weighted by atomic mass is 10.2. The molecule has 30 heavy (non-hydrogen) atoms. The molecule has 0 aliphatic carbocycles. The Morgan fingerprint density at radius 2 is 1.87 bits per heavy atom. The molecule has 2 aromatic carbocycles. The van der Waals surface area contributed by atoms with E-state index < -0.39 is 0 Å². The van der Waals surface area contributed by atoms with Crippen molar-refractivity contribution < 1.29 is 14.2 Å². The fourth-order valence-corrected chi connectivity index (χ4v) is 3.77. The minimum absolute atomic E-state index is 0.245. The SMILES string of the molecule is COc1cccc(-n2cnnc2SCc2nc3cc(OC)c(OC)cc3c(=O)[nH]2)c1. The zero-order chi connectivity index (χ0) is 21.1. The molecule has 0 saturated carbocycles. The third-order valence-electron chi connectivity index (χ3n) is 4.45. The Labute approximate surface area is 176 Å². The minimum Gasteiger partial charge on any atom is -0.497 e. The minimum atomic E-state index is -0.245. The lowest BCUT2D eigenvalue weighted by Crippen LogP contribution is -2.12. The number of hydrogen-bond acceptors (Lipinski definition) is 8. The highest BCUT2D eigenvalue weighted by Crippen LogP contribution is 2.30. The smallest absolute Gasteiger partial charge is 0.258 e. The summed E-state index contributed by atoms with van der Waals surface area (Å²) in [6, 6.07) is 10.9. The van der Waals surface area contributed by atoms with Crippen molar-refractivity contribution in [3.05, 3.63) is 58.9 Å². The highest BCUT2D eigenvalue weighted by atomic mass is 32.2. The van der Waals surface area contributed by atoms with Crippen molar-refractivity contribution in [3.63, 3.8) is 0 Å². The number of thioether (sulfide) groups is 1. The van der Waals surface area contributed by atoms with Gasteiger partial charge in [-0.2, -0.15) is 0 Å². The lowest BCUT2D eigenvalue weighted by Gasteiger charge is -2.10. The van der Waals surface area contributed by atoms with E-state index in [9.17, 15) is 4.79 Å². The quantitative estimate of drug-likeness (QED) is 0.451. The maximum Gasteiger partial charge on any atom is 0.258 e. The van der Waals surface area contributed by atoms with Crippen molar-refractivity contribution in [1.29, 1.82) is 0 Å². The molecule has 0 aliphatic heterocycles. The summed E-state index contributed by atoms with van der Waals surface area (Å²) < 4.78 is 17.7. The van der Waals surface area contributed by atoms with Crippen LogP contribution in [0.1, 0.15) is 5.82 Å². The molecule has 1 N–H and O–H groups in total. The summed E-state index contributed by atoms with van der Waals surface area (Å²) in [7, 11) is 4.68. The summed E-state index contributed by atoms with van der Waals surface area (Å²) in [5, 5.41) is 9.28. The van der Waals surface area contributed by atoms with Crippen LogP contribution in [0.25, 0.3) is 16.6 Å². The number of ether oxygens (including phenoxy) is 3. The van der Waals surface area contributed by atoms with Gasteiger partial charge in [0.25, 0.3) is 5.56 Å². The van der Waals surface area contributed by atoms with Gasteiger partial charge in [0.05, 0.1) is 43.7 Å². The second-order valence-corrected chi connectivity index (χ2v) is 7.15. The second-order valence-electron chi connectivity index (χ2n) is 6.21. The monoisotopic (exact) mass is 425 g/mol. The van der Waals surface area contributed by atoms with E-state index >= 15 is 0 Å². The third-order valence-corrected chi connectivity index (χ3v) is 5.40. The number of H-pyrrole nitrogens is 1. The molecule has 0 radical (unpaired) electrons. The molecule has 4 aromatic rings. The number of fused-ring (bicyclic) bond motifs is 1. The van der Waals surface area contributed by atoms with Crippen molar-refractivity contribution in [1.82, 2.24) is 24.7 Å². The molecular weight excluding hydrogens is 406 g/mol. The van der Waals surface area contributed by atoms with Crippen molar-refractivity contribution in [2.24, 2.45) is 0 Å². The molecule has 0 aliphatic rings. The number of aromatic amines is 1. The number of rotatable bonds is 7. The Kier molecular flexibility index (Phi) is 5.57. The van der Waals surface area contributed by atoms with Crippen LogP contribution in [0.3, 0.4) is 0 Å². The number of aromatic nitrogens is 5. The fraction of sp³-hybridized carbons (Fsp3) is 0.200. The van der Waals surface area contributed by atoms with Gasteiger partial charge in [-0.05, 0) is 18.2 Å². The fourth-order valence-electron chi connectivity index (χ4n) is 2.98. The van der Waals surface area contributed by atoms with E-state index in [4.69, 9.17) is 14.2 Å². The average molecular weight is 425 g/mol. The van der Waals surface area contributed by atoms with Crippen LogP contribution in [0.4, 0.5) is 0 Å². The molecule has 0 fully saturated rings. The Balaban J connectivity index is 1.62. The van der Waals surface area contributed by atoms with Gasteiger partial charge in [-0.3, -0.25) is 9.36 Å². The highest BCUT2D eigenvalue weighted by molar-refractivity contribution is 7.98. The molecule has 0 bridgehead atoms. The number of hydrogen-bond donors (Lipinski definition) is 1. The molecule has 2 aromatic heterocycles. The Morgan fingerprint density at radius 3 is 2.63 bits per heavy atom. The summed E-state index contributed by atoms with van der Waals surface area (Å²) in [4.78, 5) is 19.9. The summed E-state index contributed by atoms with van der Waals surface area (Å²) in [6.45, 7) is 0. The van der Waals surface area contributed by atoms with Crippen LogP contribution in [0.15, 0.2) is 52.7 Å². The highest BCUT2D eigenvalue weighted by Gasteiger charge is 2.13. The Bertz CT molecular complexity index is 1250. The first-order chi connectivity index (χ1) is 14.6.